The fourth-order valence-corrected chi connectivity index (χ4v) is 11.9. The first-order chi connectivity index (χ1) is 33.6. The third-order valence-electron chi connectivity index (χ3n) is 14.0. The minimum absolute atomic E-state index is 0.0130. The molecule has 14 rings (SSSR count). The lowest BCUT2D eigenvalue weighted by Gasteiger charge is -2.20. The van der Waals surface area contributed by atoms with Crippen LogP contribution in [0.1, 0.15) is 30.0 Å². The molecule has 0 spiro atoms. The van der Waals surface area contributed by atoms with Crippen LogP contribution in [0.2, 0.25) is 0 Å². The van der Waals surface area contributed by atoms with Crippen LogP contribution < -0.4 is 0 Å². The molecule has 0 N–H and O–H groups in total. The number of allylic oxidation sites excluding steroid dienone is 1. The lowest BCUT2D eigenvalue weighted by Crippen LogP contribution is -2.18. The molecule has 1 unspecified atom stereocenters. The molecule has 0 amide bonds. The highest BCUT2D eigenvalue weighted by Crippen LogP contribution is 2.43. The van der Waals surface area contributed by atoms with Crippen molar-refractivity contribution in [2.45, 2.75) is 13.3 Å². The average Bonchev–Trinajstić information content (AvgIpc) is 4.06. The summed E-state index contributed by atoms with van der Waals surface area (Å²) in [7, 11) is 0. The Hall–Kier alpha value is -8.38. The predicted molar refractivity (Wildman–Crippen MR) is 289 cm³/mol. The normalized spacial score (nSPS) is 15.4. The van der Waals surface area contributed by atoms with Crippen LogP contribution in [0.3, 0.4) is 0 Å². The highest BCUT2D eigenvalue weighted by Gasteiger charge is 2.26. The van der Waals surface area contributed by atoms with Gasteiger partial charge in [-0.05, 0) is 87.6 Å². The molecule has 0 radical (unpaired) electrons. The zero-order chi connectivity index (χ0) is 44.9. The topological polar surface area (TPSA) is 42.8 Å². The van der Waals surface area contributed by atoms with Crippen molar-refractivity contribution in [3.8, 4) is 16.8 Å². The van der Waals surface area contributed by atoms with Gasteiger partial charge in [-0.2, -0.15) is 0 Å². The molecule has 4 heterocycles. The molecule has 0 saturated carbocycles. The van der Waals surface area contributed by atoms with Crippen molar-refractivity contribution < 1.29 is 4.42 Å². The van der Waals surface area contributed by atoms with Gasteiger partial charge in [-0.3, -0.25) is 0 Å². The van der Waals surface area contributed by atoms with Crippen LogP contribution in [0.5, 0.6) is 0 Å². The van der Waals surface area contributed by atoms with Crippen LogP contribution in [-0.2, 0) is 0 Å². The van der Waals surface area contributed by atoms with Gasteiger partial charge in [0, 0.05) is 70.4 Å². The van der Waals surface area contributed by atoms with Crippen molar-refractivity contribution >= 4 is 114 Å². The number of fused-ring (bicyclic) bond motifs is 12. The third kappa shape index (κ3) is 6.20. The number of rotatable bonds is 5. The molecule has 4 nitrogen and oxygen atoms in total. The van der Waals surface area contributed by atoms with Crippen LogP contribution >= 0.6 is 11.3 Å². The van der Waals surface area contributed by atoms with E-state index in [1.807, 2.05) is 11.3 Å². The first kappa shape index (κ1) is 38.8. The number of aromatic nitrogens is 1. The van der Waals surface area contributed by atoms with E-state index in [-0.39, 0.29) is 5.92 Å². The summed E-state index contributed by atoms with van der Waals surface area (Å²) in [6, 6.07) is 74.4. The van der Waals surface area contributed by atoms with E-state index in [1.165, 1.54) is 58.1 Å². The van der Waals surface area contributed by atoms with Crippen LogP contribution in [0.25, 0.3) is 108 Å². The Labute approximate surface area is 396 Å². The van der Waals surface area contributed by atoms with Gasteiger partial charge in [0.1, 0.15) is 11.2 Å². The van der Waals surface area contributed by atoms with Crippen LogP contribution in [0.15, 0.2) is 227 Å². The molecular formula is C63H41N3OS. The highest BCUT2D eigenvalue weighted by atomic mass is 32.1. The first-order valence-electron chi connectivity index (χ1n) is 23.4. The zero-order valence-electron chi connectivity index (χ0n) is 37.1. The molecule has 1 atom stereocenters. The maximum absolute atomic E-state index is 6.88. The number of hydrogen-bond donors (Lipinski definition) is 0. The summed E-state index contributed by atoms with van der Waals surface area (Å²) < 4.78 is 11.8. The zero-order valence-corrected chi connectivity index (χ0v) is 38.0. The van der Waals surface area contributed by atoms with Gasteiger partial charge in [-0.1, -0.05) is 165 Å². The number of nitrogens with zero attached hydrogens (tertiary/aromatic N) is 3. The fourth-order valence-electron chi connectivity index (χ4n) is 10.7. The van der Waals surface area contributed by atoms with Gasteiger partial charge in [-0.15, -0.1) is 11.3 Å². The fraction of sp³-hybridized carbons (Fsp3) is 0.0476. The van der Waals surface area contributed by atoms with E-state index < -0.39 is 0 Å². The molecule has 0 fully saturated rings. The van der Waals surface area contributed by atoms with Gasteiger partial charge in [0.15, 0.2) is 5.84 Å². The van der Waals surface area contributed by atoms with E-state index >= 15 is 0 Å². The number of furan rings is 1. The molecule has 68 heavy (non-hydrogen) atoms. The number of hydrogen-bond acceptors (Lipinski definition) is 4. The Kier molecular flexibility index (Phi) is 8.77. The summed E-state index contributed by atoms with van der Waals surface area (Å²) in [5.41, 5.74) is 12.3. The number of amidine groups is 1. The molecular weight excluding hydrogens is 847 g/mol. The molecule has 5 heteroatoms. The molecule has 3 aromatic heterocycles. The minimum atomic E-state index is 0.0130. The largest absolute Gasteiger partial charge is 0.456 e. The van der Waals surface area contributed by atoms with Crippen LogP contribution in [-0.4, -0.2) is 16.1 Å². The van der Waals surface area contributed by atoms with Crippen molar-refractivity contribution in [2.24, 2.45) is 15.9 Å². The monoisotopic (exact) mass is 887 g/mol. The summed E-state index contributed by atoms with van der Waals surface area (Å²) in [5, 5.41) is 12.0. The van der Waals surface area contributed by atoms with Gasteiger partial charge >= 0.3 is 0 Å². The number of thiophene rings is 1. The molecule has 0 bridgehead atoms. The average molecular weight is 888 g/mol. The molecule has 13 aromatic rings. The molecule has 0 aliphatic carbocycles. The van der Waals surface area contributed by atoms with E-state index in [9.17, 15) is 0 Å². The SMILES string of the molecule is CC1C/C=C(\c2cccc(-c3ccccc3)c2)N=C(c2ccc3c(c2)sc2ccccc23)N=C1c1cc(-n2c3cc4ccccc4cc3c3c4ccccc4ccc32)cc2oc3ccccc3c12. The Bertz CT molecular complexity index is 4310. The van der Waals surface area contributed by atoms with Crippen LogP contribution in [0.4, 0.5) is 0 Å². The Balaban J connectivity index is 1.04. The van der Waals surface area contributed by atoms with E-state index in [0.717, 1.165) is 78.7 Å². The Morgan fingerprint density at radius 2 is 1.19 bits per heavy atom. The minimum Gasteiger partial charge on any atom is -0.456 e. The lowest BCUT2D eigenvalue weighted by atomic mass is 9.90. The molecule has 1 aliphatic heterocycles. The second-order valence-electron chi connectivity index (χ2n) is 18.1. The first-order valence-corrected chi connectivity index (χ1v) is 24.2. The lowest BCUT2D eigenvalue weighted by molar-refractivity contribution is 0.668. The van der Waals surface area contributed by atoms with E-state index in [1.54, 1.807) is 0 Å². The summed E-state index contributed by atoms with van der Waals surface area (Å²) in [4.78, 5) is 11.4. The summed E-state index contributed by atoms with van der Waals surface area (Å²) in [6.07, 6.45) is 3.06. The summed E-state index contributed by atoms with van der Waals surface area (Å²) >= 11 is 1.82. The van der Waals surface area contributed by atoms with Crippen LogP contribution in [0, 0.1) is 5.92 Å². The second-order valence-corrected chi connectivity index (χ2v) is 19.2. The van der Waals surface area contributed by atoms with Crippen molar-refractivity contribution in [3.05, 3.63) is 229 Å². The summed E-state index contributed by atoms with van der Waals surface area (Å²) in [6.45, 7) is 2.31. The highest BCUT2D eigenvalue weighted by molar-refractivity contribution is 7.25. The predicted octanol–water partition coefficient (Wildman–Crippen LogP) is 17.3. The van der Waals surface area contributed by atoms with Gasteiger partial charge in [-0.25, -0.2) is 9.98 Å². The molecule has 1 aliphatic rings. The van der Waals surface area contributed by atoms with Crippen molar-refractivity contribution in [2.75, 3.05) is 0 Å². The number of para-hydroxylation sites is 1. The van der Waals surface area contributed by atoms with E-state index in [0.29, 0.717) is 5.84 Å². The standard InChI is InChI=1S/C63H41N3OS/c1-38-26-30-53(44-20-13-19-41(32-44)39-14-3-2-4-15-39)64-63(45-27-29-49-48-22-10-12-25-58(48)68-59(49)35-45)65-62(38)52-36-46(37-57-61(52)50-23-9-11-24-56(50)67-57)66-54-31-28-40-16-7-8-21-47(40)60(54)51-33-42-17-5-6-18-43(42)34-55(51)66/h2-25,27-38H,26H2,1H3/b53-30+,64-63?,65-62?. The van der Waals surface area contributed by atoms with Gasteiger partial charge in [0.2, 0.25) is 0 Å². The van der Waals surface area contributed by atoms with E-state index in [4.69, 9.17) is 14.4 Å². The third-order valence-corrected chi connectivity index (χ3v) is 15.1. The summed E-state index contributed by atoms with van der Waals surface area (Å²) in [5.74, 6) is 0.697. The Morgan fingerprint density at radius 3 is 2.07 bits per heavy atom. The number of aliphatic imine (C=N–C) groups is 2. The molecule has 320 valence electrons. The quantitative estimate of drug-likeness (QED) is 0.170. The Morgan fingerprint density at radius 1 is 0.471 bits per heavy atom. The van der Waals surface area contributed by atoms with Crippen molar-refractivity contribution in [1.82, 2.24) is 4.57 Å². The molecule has 0 saturated heterocycles. The maximum Gasteiger partial charge on any atom is 0.160 e. The van der Waals surface area contributed by atoms with E-state index in [2.05, 4.69) is 224 Å². The van der Waals surface area contributed by atoms with Gasteiger partial charge in [0.25, 0.3) is 0 Å². The second kappa shape index (κ2) is 15.3. The number of benzene rings is 10. The smallest absolute Gasteiger partial charge is 0.160 e. The van der Waals surface area contributed by atoms with Gasteiger partial charge < -0.3 is 8.98 Å². The van der Waals surface area contributed by atoms with Crippen molar-refractivity contribution in [3.63, 3.8) is 0 Å². The maximum atomic E-state index is 6.88. The van der Waals surface area contributed by atoms with Gasteiger partial charge in [0.05, 0.1) is 28.1 Å². The molecule has 10 aromatic carbocycles. The van der Waals surface area contributed by atoms with Crippen molar-refractivity contribution in [1.29, 1.82) is 0 Å².